The number of aliphatic imine (C=N–C) groups is 1. The Morgan fingerprint density at radius 1 is 1.10 bits per heavy atom. The summed E-state index contributed by atoms with van der Waals surface area (Å²) in [6.45, 7) is 8.84. The standard InChI is InChI=1S/C24H33N3O4/c1-4-25-24(26-15-18-9-10-22-23(13-18)30-12-6-11-29-22)27-16-21(28)19-7-5-8-20(14-19)31-17(2)3/h5,7-10,13-14,17,21,28H,4,6,11-12,15-16H2,1-3H3,(H2,25,26,27). The van der Waals surface area contributed by atoms with Crippen LogP contribution in [0, 0.1) is 0 Å². The van der Waals surface area contributed by atoms with Crippen LogP contribution in [0.15, 0.2) is 47.5 Å². The van der Waals surface area contributed by atoms with Crippen LogP contribution in [0.1, 0.15) is 44.4 Å². The van der Waals surface area contributed by atoms with Crippen molar-refractivity contribution in [3.8, 4) is 17.2 Å². The van der Waals surface area contributed by atoms with Crippen LogP contribution in [-0.2, 0) is 6.54 Å². The van der Waals surface area contributed by atoms with Crippen molar-refractivity contribution in [3.05, 3.63) is 53.6 Å². The molecule has 3 rings (SSSR count). The van der Waals surface area contributed by atoms with Gasteiger partial charge in [0.25, 0.3) is 0 Å². The van der Waals surface area contributed by atoms with Gasteiger partial charge in [0.15, 0.2) is 17.5 Å². The number of nitrogens with one attached hydrogen (secondary N) is 2. The van der Waals surface area contributed by atoms with E-state index in [4.69, 9.17) is 14.2 Å². The quantitative estimate of drug-likeness (QED) is 0.442. The summed E-state index contributed by atoms with van der Waals surface area (Å²) in [6.07, 6.45) is 0.284. The second kappa shape index (κ2) is 11.5. The van der Waals surface area contributed by atoms with Gasteiger partial charge in [-0.1, -0.05) is 18.2 Å². The molecule has 2 aromatic carbocycles. The molecule has 7 nitrogen and oxygen atoms in total. The Morgan fingerprint density at radius 2 is 1.90 bits per heavy atom. The SMILES string of the molecule is CCNC(=NCc1ccc2c(c1)OCCCO2)NCC(O)c1cccc(OC(C)C)c1. The Hall–Kier alpha value is -2.93. The van der Waals surface area contributed by atoms with Crippen LogP contribution in [-0.4, -0.2) is 43.5 Å². The third-order valence-electron chi connectivity index (χ3n) is 4.65. The molecule has 0 bridgehead atoms. The summed E-state index contributed by atoms with van der Waals surface area (Å²) >= 11 is 0. The number of guanidine groups is 1. The molecule has 0 radical (unpaired) electrons. The van der Waals surface area contributed by atoms with Crippen LogP contribution in [0.2, 0.25) is 0 Å². The van der Waals surface area contributed by atoms with Gasteiger partial charge in [0.2, 0.25) is 0 Å². The molecule has 0 aromatic heterocycles. The van der Waals surface area contributed by atoms with Crippen LogP contribution in [0.5, 0.6) is 17.2 Å². The third kappa shape index (κ3) is 7.07. The lowest BCUT2D eigenvalue weighted by Gasteiger charge is -2.17. The summed E-state index contributed by atoms with van der Waals surface area (Å²) in [6, 6.07) is 13.4. The number of rotatable bonds is 8. The molecule has 1 unspecified atom stereocenters. The fourth-order valence-electron chi connectivity index (χ4n) is 3.20. The fraction of sp³-hybridized carbons (Fsp3) is 0.458. The van der Waals surface area contributed by atoms with Gasteiger partial charge < -0.3 is 30.0 Å². The Bertz CT molecular complexity index is 870. The minimum absolute atomic E-state index is 0.0861. The molecule has 2 aromatic rings. The first kappa shape index (κ1) is 22.7. The second-order valence-corrected chi connectivity index (χ2v) is 7.66. The van der Waals surface area contributed by atoms with Gasteiger partial charge in [-0.25, -0.2) is 4.99 Å². The summed E-state index contributed by atoms with van der Waals surface area (Å²) in [5.74, 6) is 2.94. The maximum Gasteiger partial charge on any atom is 0.191 e. The normalized spacial score (nSPS) is 14.7. The number of nitrogens with zero attached hydrogens (tertiary/aromatic N) is 1. The van der Waals surface area contributed by atoms with E-state index in [2.05, 4.69) is 15.6 Å². The van der Waals surface area contributed by atoms with Crippen molar-refractivity contribution in [2.75, 3.05) is 26.3 Å². The summed E-state index contributed by atoms with van der Waals surface area (Å²) < 4.78 is 17.2. The van der Waals surface area contributed by atoms with Crippen molar-refractivity contribution in [3.63, 3.8) is 0 Å². The number of hydrogen-bond donors (Lipinski definition) is 3. The molecular weight excluding hydrogens is 394 g/mol. The van der Waals surface area contributed by atoms with Gasteiger partial charge in [-0.15, -0.1) is 0 Å². The zero-order chi connectivity index (χ0) is 22.1. The zero-order valence-corrected chi connectivity index (χ0v) is 18.6. The molecule has 0 amide bonds. The highest BCUT2D eigenvalue weighted by Crippen LogP contribution is 2.30. The summed E-state index contributed by atoms with van der Waals surface area (Å²) in [5, 5.41) is 17.0. The third-order valence-corrected chi connectivity index (χ3v) is 4.65. The minimum Gasteiger partial charge on any atom is -0.491 e. The smallest absolute Gasteiger partial charge is 0.191 e. The van der Waals surface area contributed by atoms with Gasteiger partial charge in [-0.3, -0.25) is 0 Å². The molecule has 1 atom stereocenters. The predicted molar refractivity (Wildman–Crippen MR) is 122 cm³/mol. The van der Waals surface area contributed by atoms with Gasteiger partial charge in [0.1, 0.15) is 5.75 Å². The molecule has 1 heterocycles. The molecule has 3 N–H and O–H groups in total. The average Bonchev–Trinajstić information content (AvgIpc) is 3.00. The maximum atomic E-state index is 10.6. The predicted octanol–water partition coefficient (Wildman–Crippen LogP) is 3.42. The zero-order valence-electron chi connectivity index (χ0n) is 18.6. The van der Waals surface area contributed by atoms with Crippen molar-refractivity contribution in [2.24, 2.45) is 4.99 Å². The first-order valence-corrected chi connectivity index (χ1v) is 10.9. The molecule has 168 valence electrons. The fourth-order valence-corrected chi connectivity index (χ4v) is 3.20. The number of aliphatic hydroxyl groups is 1. The lowest BCUT2D eigenvalue weighted by molar-refractivity contribution is 0.179. The molecular formula is C24H33N3O4. The van der Waals surface area contributed by atoms with E-state index in [-0.39, 0.29) is 6.10 Å². The highest BCUT2D eigenvalue weighted by atomic mass is 16.5. The van der Waals surface area contributed by atoms with E-state index in [1.165, 1.54) is 0 Å². The topological polar surface area (TPSA) is 84.3 Å². The van der Waals surface area contributed by atoms with Crippen LogP contribution in [0.3, 0.4) is 0 Å². The first-order chi connectivity index (χ1) is 15.0. The largest absolute Gasteiger partial charge is 0.491 e. The summed E-state index contributed by atoms with van der Waals surface area (Å²) in [7, 11) is 0. The molecule has 0 fully saturated rings. The highest BCUT2D eigenvalue weighted by molar-refractivity contribution is 5.79. The minimum atomic E-state index is -0.683. The molecule has 31 heavy (non-hydrogen) atoms. The Morgan fingerprint density at radius 3 is 2.68 bits per heavy atom. The number of benzene rings is 2. The Balaban J connectivity index is 1.60. The van der Waals surface area contributed by atoms with Crippen LogP contribution < -0.4 is 24.8 Å². The van der Waals surface area contributed by atoms with Crippen LogP contribution in [0.4, 0.5) is 0 Å². The second-order valence-electron chi connectivity index (χ2n) is 7.66. The molecule has 7 heteroatoms. The number of hydrogen-bond acceptors (Lipinski definition) is 5. The van der Waals surface area contributed by atoms with Crippen molar-refractivity contribution >= 4 is 5.96 Å². The van der Waals surface area contributed by atoms with E-state index in [0.717, 1.165) is 41.3 Å². The number of fused-ring (bicyclic) bond motifs is 1. The van der Waals surface area contributed by atoms with E-state index in [0.29, 0.717) is 32.3 Å². The number of aliphatic hydroxyl groups excluding tert-OH is 1. The van der Waals surface area contributed by atoms with E-state index in [1.54, 1.807) is 0 Å². The first-order valence-electron chi connectivity index (χ1n) is 10.9. The van der Waals surface area contributed by atoms with Crippen molar-refractivity contribution in [1.82, 2.24) is 10.6 Å². The van der Waals surface area contributed by atoms with Crippen molar-refractivity contribution < 1.29 is 19.3 Å². The van der Waals surface area contributed by atoms with E-state index >= 15 is 0 Å². The Kier molecular flexibility index (Phi) is 8.41. The van der Waals surface area contributed by atoms with Gasteiger partial charge in [0, 0.05) is 19.5 Å². The molecule has 0 aliphatic carbocycles. The lowest BCUT2D eigenvalue weighted by atomic mass is 10.1. The maximum absolute atomic E-state index is 10.6. The summed E-state index contributed by atoms with van der Waals surface area (Å²) in [4.78, 5) is 4.64. The molecule has 1 aliphatic rings. The van der Waals surface area contributed by atoms with Crippen molar-refractivity contribution in [2.45, 2.75) is 45.9 Å². The molecule has 0 saturated carbocycles. The number of ether oxygens (including phenoxy) is 3. The van der Waals surface area contributed by atoms with E-state index < -0.39 is 6.10 Å². The van der Waals surface area contributed by atoms with Gasteiger partial charge in [-0.05, 0) is 56.2 Å². The molecule has 0 saturated heterocycles. The Labute approximate surface area is 184 Å². The highest BCUT2D eigenvalue weighted by Gasteiger charge is 2.12. The van der Waals surface area contributed by atoms with Gasteiger partial charge in [0.05, 0.1) is 32.0 Å². The molecule has 0 spiro atoms. The monoisotopic (exact) mass is 427 g/mol. The average molecular weight is 428 g/mol. The van der Waals surface area contributed by atoms with E-state index in [9.17, 15) is 5.11 Å². The lowest BCUT2D eigenvalue weighted by Crippen LogP contribution is -2.39. The van der Waals surface area contributed by atoms with Gasteiger partial charge in [-0.2, -0.15) is 0 Å². The van der Waals surface area contributed by atoms with Crippen LogP contribution in [0.25, 0.3) is 0 Å². The van der Waals surface area contributed by atoms with E-state index in [1.807, 2.05) is 63.2 Å². The van der Waals surface area contributed by atoms with Gasteiger partial charge >= 0.3 is 0 Å². The van der Waals surface area contributed by atoms with Crippen molar-refractivity contribution in [1.29, 1.82) is 0 Å². The van der Waals surface area contributed by atoms with Crippen LogP contribution >= 0.6 is 0 Å². The molecule has 1 aliphatic heterocycles. The summed E-state index contributed by atoms with van der Waals surface area (Å²) in [5.41, 5.74) is 1.82.